The summed E-state index contributed by atoms with van der Waals surface area (Å²) >= 11 is 0. The molecule has 0 aliphatic heterocycles. The van der Waals surface area contributed by atoms with E-state index in [9.17, 15) is 4.79 Å². The second-order valence-electron chi connectivity index (χ2n) is 4.11. The fourth-order valence-corrected chi connectivity index (χ4v) is 1.59. The molecule has 0 radical (unpaired) electrons. The molecule has 0 atom stereocenters. The fourth-order valence-electron chi connectivity index (χ4n) is 1.59. The highest BCUT2D eigenvalue weighted by molar-refractivity contribution is 5.96. The zero-order chi connectivity index (χ0) is 12.7. The van der Waals surface area contributed by atoms with Gasteiger partial charge in [-0.15, -0.1) is 0 Å². The lowest BCUT2D eigenvalue weighted by Crippen LogP contribution is -2.25. The minimum atomic E-state index is -0.0844. The Bertz CT molecular complexity index is 378. The number of carbonyl (C=O) groups is 1. The Kier molecular flexibility index (Phi) is 5.49. The van der Waals surface area contributed by atoms with Crippen molar-refractivity contribution in [1.29, 1.82) is 0 Å². The van der Waals surface area contributed by atoms with Crippen molar-refractivity contribution in [1.82, 2.24) is 5.32 Å². The normalized spacial score (nSPS) is 10.2. The van der Waals surface area contributed by atoms with Crippen LogP contribution in [-0.4, -0.2) is 24.2 Å². The van der Waals surface area contributed by atoms with Crippen LogP contribution in [0.3, 0.4) is 0 Å². The van der Waals surface area contributed by atoms with Gasteiger partial charge >= 0.3 is 0 Å². The number of hydrogen-bond acceptors (Lipinski definition) is 3. The van der Waals surface area contributed by atoms with Crippen molar-refractivity contribution in [2.24, 2.45) is 0 Å². The van der Waals surface area contributed by atoms with Gasteiger partial charge in [0.15, 0.2) is 0 Å². The third-order valence-corrected chi connectivity index (χ3v) is 2.63. The monoisotopic (exact) mass is 236 g/mol. The summed E-state index contributed by atoms with van der Waals surface area (Å²) < 4.78 is 0. The fraction of sp³-hybridized carbons (Fsp3) is 0.462. The first-order chi connectivity index (χ1) is 8.15. The van der Waals surface area contributed by atoms with Crippen molar-refractivity contribution in [2.75, 3.05) is 18.9 Å². The number of amides is 1. The van der Waals surface area contributed by atoms with Crippen LogP contribution in [0.5, 0.6) is 0 Å². The van der Waals surface area contributed by atoms with E-state index in [0.29, 0.717) is 17.8 Å². The summed E-state index contributed by atoms with van der Waals surface area (Å²) in [5.74, 6) is -0.0844. The number of hydrogen-bond donors (Lipinski definition) is 3. The zero-order valence-electron chi connectivity index (χ0n) is 10.2. The van der Waals surface area contributed by atoms with Crippen LogP contribution in [-0.2, 0) is 0 Å². The summed E-state index contributed by atoms with van der Waals surface area (Å²) in [5, 5.41) is 11.5. The SMILES string of the molecule is Cc1ccc(N)cc1C(=O)NCCCCCO. The largest absolute Gasteiger partial charge is 0.399 e. The molecule has 4 N–H and O–H groups in total. The van der Waals surface area contributed by atoms with Gasteiger partial charge in [0.25, 0.3) is 5.91 Å². The van der Waals surface area contributed by atoms with Crippen LogP contribution in [0.2, 0.25) is 0 Å². The van der Waals surface area contributed by atoms with Crippen molar-refractivity contribution in [2.45, 2.75) is 26.2 Å². The maximum atomic E-state index is 11.8. The molecule has 0 saturated heterocycles. The van der Waals surface area contributed by atoms with Gasteiger partial charge in [0, 0.05) is 24.4 Å². The summed E-state index contributed by atoms with van der Waals surface area (Å²) in [5.41, 5.74) is 7.80. The van der Waals surface area contributed by atoms with Crippen molar-refractivity contribution in [3.05, 3.63) is 29.3 Å². The molecule has 0 aromatic heterocycles. The Hall–Kier alpha value is -1.55. The van der Waals surface area contributed by atoms with Gasteiger partial charge in [-0.3, -0.25) is 4.79 Å². The molecule has 94 valence electrons. The molecule has 0 bridgehead atoms. The van der Waals surface area contributed by atoms with Crippen LogP contribution in [0.15, 0.2) is 18.2 Å². The van der Waals surface area contributed by atoms with E-state index in [2.05, 4.69) is 5.32 Å². The van der Waals surface area contributed by atoms with Crippen LogP contribution < -0.4 is 11.1 Å². The van der Waals surface area contributed by atoms with E-state index < -0.39 is 0 Å². The molecule has 0 fully saturated rings. The van der Waals surface area contributed by atoms with Gasteiger partial charge in [0.1, 0.15) is 0 Å². The highest BCUT2D eigenvalue weighted by Gasteiger charge is 2.08. The van der Waals surface area contributed by atoms with Crippen molar-refractivity contribution in [3.63, 3.8) is 0 Å². The molecule has 1 rings (SSSR count). The number of carbonyl (C=O) groups excluding carboxylic acids is 1. The first-order valence-electron chi connectivity index (χ1n) is 5.90. The maximum Gasteiger partial charge on any atom is 0.251 e. The molecule has 1 aromatic rings. The van der Waals surface area contributed by atoms with Gasteiger partial charge in [-0.25, -0.2) is 0 Å². The minimum absolute atomic E-state index is 0.0844. The van der Waals surface area contributed by atoms with E-state index >= 15 is 0 Å². The second-order valence-corrected chi connectivity index (χ2v) is 4.11. The lowest BCUT2D eigenvalue weighted by molar-refractivity contribution is 0.0952. The standard InChI is InChI=1S/C13H20N2O2/c1-10-5-6-11(14)9-12(10)13(17)15-7-3-2-4-8-16/h5-6,9,16H,2-4,7-8,14H2,1H3,(H,15,17). The van der Waals surface area contributed by atoms with Gasteiger partial charge in [-0.2, -0.15) is 0 Å². The molecule has 4 nitrogen and oxygen atoms in total. The maximum absolute atomic E-state index is 11.8. The van der Waals surface area contributed by atoms with Crippen molar-refractivity contribution in [3.8, 4) is 0 Å². The van der Waals surface area contributed by atoms with E-state index in [0.717, 1.165) is 24.8 Å². The Balaban J connectivity index is 2.44. The number of nitrogens with one attached hydrogen (secondary N) is 1. The highest BCUT2D eigenvalue weighted by Crippen LogP contribution is 2.12. The third-order valence-electron chi connectivity index (χ3n) is 2.63. The Labute approximate surface area is 102 Å². The predicted molar refractivity (Wildman–Crippen MR) is 68.9 cm³/mol. The molecular formula is C13H20N2O2. The molecule has 17 heavy (non-hydrogen) atoms. The average Bonchev–Trinajstić information content (AvgIpc) is 2.32. The summed E-state index contributed by atoms with van der Waals surface area (Å²) in [4.78, 5) is 11.8. The summed E-state index contributed by atoms with van der Waals surface area (Å²) in [6.45, 7) is 2.73. The number of nitrogen functional groups attached to an aromatic ring is 1. The van der Waals surface area contributed by atoms with Crippen LogP contribution in [0.4, 0.5) is 5.69 Å². The lowest BCUT2D eigenvalue weighted by atomic mass is 10.1. The zero-order valence-corrected chi connectivity index (χ0v) is 10.2. The lowest BCUT2D eigenvalue weighted by Gasteiger charge is -2.08. The van der Waals surface area contributed by atoms with Crippen molar-refractivity contribution < 1.29 is 9.90 Å². The Morgan fingerprint density at radius 1 is 1.35 bits per heavy atom. The number of benzene rings is 1. The van der Waals surface area contributed by atoms with Gasteiger partial charge in [-0.1, -0.05) is 6.07 Å². The molecule has 0 aliphatic rings. The number of aliphatic hydroxyl groups is 1. The minimum Gasteiger partial charge on any atom is -0.399 e. The molecule has 0 unspecified atom stereocenters. The summed E-state index contributed by atoms with van der Waals surface area (Å²) in [6, 6.07) is 5.32. The second kappa shape index (κ2) is 6.91. The van der Waals surface area contributed by atoms with Crippen LogP contribution >= 0.6 is 0 Å². The number of rotatable bonds is 6. The van der Waals surface area contributed by atoms with Crippen LogP contribution in [0, 0.1) is 6.92 Å². The Morgan fingerprint density at radius 2 is 2.12 bits per heavy atom. The topological polar surface area (TPSA) is 75.4 Å². The van der Waals surface area contributed by atoms with E-state index in [-0.39, 0.29) is 12.5 Å². The molecule has 0 spiro atoms. The van der Waals surface area contributed by atoms with E-state index in [1.807, 2.05) is 13.0 Å². The van der Waals surface area contributed by atoms with E-state index in [1.165, 1.54) is 0 Å². The first-order valence-corrected chi connectivity index (χ1v) is 5.90. The summed E-state index contributed by atoms with van der Waals surface area (Å²) in [6.07, 6.45) is 2.59. The molecule has 0 saturated carbocycles. The molecular weight excluding hydrogens is 216 g/mol. The van der Waals surface area contributed by atoms with E-state index in [4.69, 9.17) is 10.8 Å². The number of anilines is 1. The van der Waals surface area contributed by atoms with Gasteiger partial charge in [0.05, 0.1) is 0 Å². The molecule has 1 amide bonds. The predicted octanol–water partition coefficient (Wildman–Crippen LogP) is 1.47. The average molecular weight is 236 g/mol. The van der Waals surface area contributed by atoms with Crippen molar-refractivity contribution >= 4 is 11.6 Å². The molecule has 0 heterocycles. The smallest absolute Gasteiger partial charge is 0.251 e. The van der Waals surface area contributed by atoms with Crippen LogP contribution in [0.1, 0.15) is 35.2 Å². The number of aliphatic hydroxyl groups excluding tert-OH is 1. The van der Waals surface area contributed by atoms with E-state index in [1.54, 1.807) is 12.1 Å². The number of unbranched alkanes of at least 4 members (excludes halogenated alkanes) is 2. The summed E-state index contributed by atoms with van der Waals surface area (Å²) in [7, 11) is 0. The molecule has 1 aromatic carbocycles. The highest BCUT2D eigenvalue weighted by atomic mass is 16.2. The number of nitrogens with two attached hydrogens (primary N) is 1. The third kappa shape index (κ3) is 4.44. The number of aryl methyl sites for hydroxylation is 1. The first kappa shape index (κ1) is 13.5. The quantitative estimate of drug-likeness (QED) is 0.517. The van der Waals surface area contributed by atoms with Crippen LogP contribution in [0.25, 0.3) is 0 Å². The molecule has 0 aliphatic carbocycles. The van der Waals surface area contributed by atoms with Gasteiger partial charge < -0.3 is 16.2 Å². The van der Waals surface area contributed by atoms with Gasteiger partial charge in [0.2, 0.25) is 0 Å². The Morgan fingerprint density at radius 3 is 2.82 bits per heavy atom. The van der Waals surface area contributed by atoms with Gasteiger partial charge in [-0.05, 0) is 43.9 Å². The molecule has 4 heteroatoms.